The van der Waals surface area contributed by atoms with Crippen molar-refractivity contribution in [3.05, 3.63) is 27.8 Å². The molecule has 4 nitrogen and oxygen atoms in total. The number of halogens is 1. The maximum atomic E-state index is 12.0. The van der Waals surface area contributed by atoms with Crippen LogP contribution in [0.2, 0.25) is 0 Å². The molecule has 1 saturated heterocycles. The number of amides is 1. The summed E-state index contributed by atoms with van der Waals surface area (Å²) in [6.45, 7) is 2.38. The predicted octanol–water partition coefficient (Wildman–Crippen LogP) is 1.93. The molecule has 0 saturated carbocycles. The number of para-hydroxylation sites is 1. The number of carbonyl (C=O) groups is 1. The first-order valence-electron chi connectivity index (χ1n) is 6.56. The Morgan fingerprint density at radius 3 is 3.00 bits per heavy atom. The van der Waals surface area contributed by atoms with E-state index in [-0.39, 0.29) is 12.5 Å². The summed E-state index contributed by atoms with van der Waals surface area (Å²) in [5.41, 5.74) is 0.865. The molecule has 1 aromatic rings. The van der Waals surface area contributed by atoms with E-state index in [1.807, 2.05) is 24.3 Å². The minimum Gasteiger partial charge on any atom is -0.396 e. The SMILES string of the molecule is O=C(CN1CCCC(CO)C1)Nc1ccccc1I. The van der Waals surface area contributed by atoms with Gasteiger partial charge in [-0.3, -0.25) is 9.69 Å². The van der Waals surface area contributed by atoms with Crippen molar-refractivity contribution >= 4 is 34.2 Å². The van der Waals surface area contributed by atoms with Gasteiger partial charge in [0.2, 0.25) is 5.91 Å². The summed E-state index contributed by atoms with van der Waals surface area (Å²) in [5, 5.41) is 12.1. The molecule has 1 aliphatic rings. The van der Waals surface area contributed by atoms with Crippen LogP contribution in [0.5, 0.6) is 0 Å². The van der Waals surface area contributed by atoms with Crippen molar-refractivity contribution in [2.45, 2.75) is 12.8 Å². The average molecular weight is 374 g/mol. The summed E-state index contributed by atoms with van der Waals surface area (Å²) in [4.78, 5) is 14.1. The number of hydrogen-bond acceptors (Lipinski definition) is 3. The Labute approximate surface area is 127 Å². The van der Waals surface area contributed by atoms with Gasteiger partial charge in [0.05, 0.1) is 12.2 Å². The van der Waals surface area contributed by atoms with Crippen molar-refractivity contribution in [2.24, 2.45) is 5.92 Å². The first-order chi connectivity index (χ1) is 9.19. The molecule has 1 amide bonds. The van der Waals surface area contributed by atoms with Crippen molar-refractivity contribution in [1.82, 2.24) is 4.90 Å². The maximum absolute atomic E-state index is 12.0. The lowest BCUT2D eigenvalue weighted by molar-refractivity contribution is -0.117. The molecule has 1 aromatic carbocycles. The van der Waals surface area contributed by atoms with Gasteiger partial charge in [-0.1, -0.05) is 12.1 Å². The third-order valence-corrected chi connectivity index (χ3v) is 4.32. The van der Waals surface area contributed by atoms with E-state index < -0.39 is 0 Å². The number of piperidine rings is 1. The van der Waals surface area contributed by atoms with E-state index in [4.69, 9.17) is 0 Å². The molecule has 0 radical (unpaired) electrons. The Morgan fingerprint density at radius 2 is 2.26 bits per heavy atom. The van der Waals surface area contributed by atoms with Crippen molar-refractivity contribution in [2.75, 3.05) is 31.6 Å². The van der Waals surface area contributed by atoms with Gasteiger partial charge in [0.15, 0.2) is 0 Å². The molecule has 1 fully saturated rings. The standard InChI is InChI=1S/C14H19IN2O2/c15-12-5-1-2-6-13(12)16-14(19)9-17-7-3-4-11(8-17)10-18/h1-2,5-6,11,18H,3-4,7-10H2,(H,16,19). The van der Waals surface area contributed by atoms with E-state index in [1.54, 1.807) is 0 Å². The highest BCUT2D eigenvalue weighted by Gasteiger charge is 2.21. The molecule has 0 aliphatic carbocycles. The number of aliphatic hydroxyl groups is 1. The zero-order valence-corrected chi connectivity index (χ0v) is 13.0. The summed E-state index contributed by atoms with van der Waals surface area (Å²) in [5.74, 6) is 0.334. The quantitative estimate of drug-likeness (QED) is 0.793. The van der Waals surface area contributed by atoms with Gasteiger partial charge in [0.1, 0.15) is 0 Å². The lowest BCUT2D eigenvalue weighted by atomic mass is 9.99. The Kier molecular flexibility index (Phi) is 5.59. The largest absolute Gasteiger partial charge is 0.396 e. The fraction of sp³-hybridized carbons (Fsp3) is 0.500. The zero-order valence-electron chi connectivity index (χ0n) is 10.8. The number of benzene rings is 1. The van der Waals surface area contributed by atoms with Crippen molar-refractivity contribution in [3.63, 3.8) is 0 Å². The summed E-state index contributed by atoms with van der Waals surface area (Å²) < 4.78 is 1.04. The molecular weight excluding hydrogens is 355 g/mol. The minimum atomic E-state index is 0.0164. The van der Waals surface area contributed by atoms with Crippen molar-refractivity contribution in [3.8, 4) is 0 Å². The molecule has 0 spiro atoms. The van der Waals surface area contributed by atoms with E-state index in [9.17, 15) is 9.90 Å². The zero-order chi connectivity index (χ0) is 13.7. The molecule has 2 N–H and O–H groups in total. The van der Waals surface area contributed by atoms with Crippen molar-refractivity contribution in [1.29, 1.82) is 0 Å². The number of aliphatic hydroxyl groups excluding tert-OH is 1. The van der Waals surface area contributed by atoms with Crippen LogP contribution in [-0.2, 0) is 4.79 Å². The van der Waals surface area contributed by atoms with Crippen LogP contribution in [0.1, 0.15) is 12.8 Å². The highest BCUT2D eigenvalue weighted by atomic mass is 127. The van der Waals surface area contributed by atoms with Crippen LogP contribution in [0.25, 0.3) is 0 Å². The third kappa shape index (κ3) is 4.43. The molecule has 2 rings (SSSR count). The summed E-state index contributed by atoms with van der Waals surface area (Å²) in [7, 11) is 0. The van der Waals surface area contributed by atoms with Crippen molar-refractivity contribution < 1.29 is 9.90 Å². The minimum absolute atomic E-state index is 0.0164. The third-order valence-electron chi connectivity index (χ3n) is 3.38. The van der Waals surface area contributed by atoms with E-state index in [0.717, 1.165) is 35.2 Å². The van der Waals surface area contributed by atoms with Crippen LogP contribution >= 0.6 is 22.6 Å². The van der Waals surface area contributed by atoms with Gasteiger partial charge in [0, 0.05) is 16.7 Å². The Balaban J connectivity index is 1.86. The van der Waals surface area contributed by atoms with E-state index in [2.05, 4.69) is 32.8 Å². The average Bonchev–Trinajstić information content (AvgIpc) is 2.41. The molecule has 0 bridgehead atoms. The van der Waals surface area contributed by atoms with E-state index in [1.165, 1.54) is 0 Å². The van der Waals surface area contributed by atoms with Gasteiger partial charge < -0.3 is 10.4 Å². The van der Waals surface area contributed by atoms with Crippen LogP contribution < -0.4 is 5.32 Å². The molecule has 1 atom stereocenters. The molecular formula is C14H19IN2O2. The first kappa shape index (κ1) is 14.7. The number of carbonyl (C=O) groups excluding carboxylic acids is 1. The van der Waals surface area contributed by atoms with Crippen LogP contribution in [0, 0.1) is 9.49 Å². The lowest BCUT2D eigenvalue weighted by Crippen LogP contribution is -2.41. The van der Waals surface area contributed by atoms with Gasteiger partial charge in [-0.05, 0) is 60.0 Å². The number of nitrogens with zero attached hydrogens (tertiary/aromatic N) is 1. The number of likely N-dealkylation sites (tertiary alicyclic amines) is 1. The Bertz CT molecular complexity index is 439. The Hall–Kier alpha value is -0.660. The predicted molar refractivity (Wildman–Crippen MR) is 84.0 cm³/mol. The molecule has 104 valence electrons. The number of hydrogen-bond donors (Lipinski definition) is 2. The smallest absolute Gasteiger partial charge is 0.238 e. The number of anilines is 1. The van der Waals surface area contributed by atoms with Gasteiger partial charge in [-0.15, -0.1) is 0 Å². The van der Waals surface area contributed by atoms with Gasteiger partial charge >= 0.3 is 0 Å². The van der Waals surface area contributed by atoms with Crippen LogP contribution in [0.3, 0.4) is 0 Å². The molecule has 1 aliphatic heterocycles. The molecule has 0 aromatic heterocycles. The van der Waals surface area contributed by atoms with Crippen LogP contribution in [0.15, 0.2) is 24.3 Å². The lowest BCUT2D eigenvalue weighted by Gasteiger charge is -2.31. The molecule has 5 heteroatoms. The van der Waals surface area contributed by atoms with Crippen LogP contribution in [0.4, 0.5) is 5.69 Å². The molecule has 19 heavy (non-hydrogen) atoms. The number of nitrogens with one attached hydrogen (secondary N) is 1. The molecule has 1 unspecified atom stereocenters. The van der Waals surface area contributed by atoms with Gasteiger partial charge in [0.25, 0.3) is 0 Å². The monoisotopic (exact) mass is 374 g/mol. The van der Waals surface area contributed by atoms with Gasteiger partial charge in [-0.25, -0.2) is 0 Å². The van der Waals surface area contributed by atoms with E-state index >= 15 is 0 Å². The van der Waals surface area contributed by atoms with Gasteiger partial charge in [-0.2, -0.15) is 0 Å². The fourth-order valence-electron chi connectivity index (χ4n) is 2.40. The maximum Gasteiger partial charge on any atom is 0.238 e. The molecule has 1 heterocycles. The highest BCUT2D eigenvalue weighted by Crippen LogP contribution is 2.18. The van der Waals surface area contributed by atoms with E-state index in [0.29, 0.717) is 12.5 Å². The first-order valence-corrected chi connectivity index (χ1v) is 7.64. The highest BCUT2D eigenvalue weighted by molar-refractivity contribution is 14.1. The second kappa shape index (κ2) is 7.21. The summed E-state index contributed by atoms with van der Waals surface area (Å²) in [6, 6.07) is 7.75. The summed E-state index contributed by atoms with van der Waals surface area (Å²) >= 11 is 2.21. The Morgan fingerprint density at radius 1 is 1.47 bits per heavy atom. The van der Waals surface area contributed by atoms with Crippen LogP contribution in [-0.4, -0.2) is 42.2 Å². The summed E-state index contributed by atoms with van der Waals surface area (Å²) in [6.07, 6.45) is 2.12. The second-order valence-corrected chi connectivity index (χ2v) is 6.12. The number of rotatable bonds is 4. The normalized spacial score (nSPS) is 20.2. The topological polar surface area (TPSA) is 52.6 Å². The fourth-order valence-corrected chi connectivity index (χ4v) is 2.92. The second-order valence-electron chi connectivity index (χ2n) is 4.95.